The Hall–Kier alpha value is 0.647. The van der Waals surface area contributed by atoms with E-state index < -0.39 is 7.74 Å². The van der Waals surface area contributed by atoms with E-state index in [2.05, 4.69) is 27.4 Å². The van der Waals surface area contributed by atoms with Gasteiger partial charge in [0.15, 0.2) is 0 Å². The predicted octanol–water partition coefficient (Wildman–Crippen LogP) is 4.47. The van der Waals surface area contributed by atoms with Crippen molar-refractivity contribution >= 4 is 15.9 Å². The molecule has 12 heavy (non-hydrogen) atoms. The number of rotatable bonds is 7. The highest BCUT2D eigenvalue weighted by Gasteiger charge is 2.27. The first-order valence-electron chi connectivity index (χ1n) is 5.43. The maximum Gasteiger partial charge on any atom is 0.0774 e. The Morgan fingerprint density at radius 3 is 1.33 bits per heavy atom. The van der Waals surface area contributed by atoms with Gasteiger partial charge in [0.1, 0.15) is 0 Å². The predicted molar refractivity (Wildman–Crippen MR) is 65.3 cm³/mol. The summed E-state index contributed by atoms with van der Waals surface area (Å²) in [7, 11) is 0.537. The Balaban J connectivity index is 4.06. The van der Waals surface area contributed by atoms with Crippen LogP contribution < -0.4 is 0 Å². The van der Waals surface area contributed by atoms with Gasteiger partial charge in [0.25, 0.3) is 0 Å². The molecular weight excluding hydrogens is 179 g/mol. The van der Waals surface area contributed by atoms with Crippen LogP contribution in [0.4, 0.5) is 0 Å². The fraction of sp³-hybridized carbons (Fsp3) is 1.00. The second kappa shape index (κ2) is 7.09. The van der Waals surface area contributed by atoms with E-state index in [1.807, 2.05) is 0 Å². The van der Waals surface area contributed by atoms with Gasteiger partial charge in [0.2, 0.25) is 0 Å². The first-order valence-corrected chi connectivity index (χ1v) is 10.6. The summed E-state index contributed by atoms with van der Waals surface area (Å²) in [6.07, 6.45) is 4.27. The van der Waals surface area contributed by atoms with E-state index in [4.69, 9.17) is 0 Å². The van der Waals surface area contributed by atoms with Crippen molar-refractivity contribution in [2.45, 2.75) is 58.2 Å². The van der Waals surface area contributed by atoms with E-state index in [-0.39, 0.29) is 0 Å². The zero-order chi connectivity index (χ0) is 9.45. The SMILES string of the molecule is CCC[Si](CCC)(CCC)PC. The van der Waals surface area contributed by atoms with Gasteiger partial charge in [-0.05, 0) is 0 Å². The van der Waals surface area contributed by atoms with Gasteiger partial charge in [0.05, 0.1) is 7.74 Å². The Morgan fingerprint density at radius 1 is 0.833 bits per heavy atom. The molecule has 0 bridgehead atoms. The van der Waals surface area contributed by atoms with Crippen molar-refractivity contribution in [3.05, 3.63) is 0 Å². The molecular formula is C10H25PSi. The molecule has 0 amide bonds. The van der Waals surface area contributed by atoms with Crippen molar-refractivity contribution in [2.75, 3.05) is 6.66 Å². The van der Waals surface area contributed by atoms with Crippen molar-refractivity contribution in [3.8, 4) is 0 Å². The third kappa shape index (κ3) is 4.05. The van der Waals surface area contributed by atoms with Gasteiger partial charge in [-0.2, -0.15) is 0 Å². The first-order chi connectivity index (χ1) is 5.74. The molecule has 0 heterocycles. The molecule has 0 aromatic heterocycles. The van der Waals surface area contributed by atoms with Crippen LogP contribution in [0.25, 0.3) is 0 Å². The zero-order valence-corrected chi connectivity index (χ0v) is 11.2. The number of hydrogen-bond donors (Lipinski definition) is 0. The van der Waals surface area contributed by atoms with Gasteiger partial charge in [-0.3, -0.25) is 0 Å². The monoisotopic (exact) mass is 204 g/mol. The lowest BCUT2D eigenvalue weighted by molar-refractivity contribution is 0.949. The van der Waals surface area contributed by atoms with Crippen molar-refractivity contribution in [2.24, 2.45) is 0 Å². The Bertz CT molecular complexity index is 87.0. The van der Waals surface area contributed by atoms with Crippen LogP contribution in [0, 0.1) is 0 Å². The normalized spacial score (nSPS) is 13.0. The van der Waals surface area contributed by atoms with Crippen LogP contribution >= 0.6 is 8.13 Å². The molecule has 2 heteroatoms. The topological polar surface area (TPSA) is 0 Å². The van der Waals surface area contributed by atoms with Crippen LogP contribution in [-0.2, 0) is 0 Å². The molecule has 0 saturated heterocycles. The maximum absolute atomic E-state index is 2.45. The molecule has 0 aliphatic heterocycles. The fourth-order valence-corrected chi connectivity index (χ4v) is 11.1. The molecule has 74 valence electrons. The summed E-state index contributed by atoms with van der Waals surface area (Å²) in [5.41, 5.74) is 0. The van der Waals surface area contributed by atoms with Crippen molar-refractivity contribution in [3.63, 3.8) is 0 Å². The second-order valence-corrected chi connectivity index (χ2v) is 13.0. The van der Waals surface area contributed by atoms with Gasteiger partial charge in [0, 0.05) is 0 Å². The van der Waals surface area contributed by atoms with Gasteiger partial charge >= 0.3 is 0 Å². The molecule has 0 spiro atoms. The summed E-state index contributed by atoms with van der Waals surface area (Å²) in [5.74, 6) is 0. The standard InChI is InChI=1S/C10H25PSi/c1-5-8-12(11-4,9-6-2)10-7-3/h11H,5-10H2,1-4H3. The fourth-order valence-electron chi connectivity index (χ4n) is 2.19. The quantitative estimate of drug-likeness (QED) is 0.424. The molecule has 0 radical (unpaired) electrons. The second-order valence-electron chi connectivity index (χ2n) is 3.78. The molecule has 0 N–H and O–H groups in total. The summed E-state index contributed by atoms with van der Waals surface area (Å²) in [5, 5.41) is 0. The van der Waals surface area contributed by atoms with Crippen molar-refractivity contribution in [1.29, 1.82) is 0 Å². The van der Waals surface area contributed by atoms with E-state index in [1.54, 1.807) is 18.1 Å². The highest BCUT2D eigenvalue weighted by atomic mass is 31.3. The van der Waals surface area contributed by atoms with Crippen molar-refractivity contribution < 1.29 is 0 Å². The first kappa shape index (κ1) is 12.6. The minimum atomic E-state index is -0.742. The molecule has 0 saturated carbocycles. The lowest BCUT2D eigenvalue weighted by atomic mass is 10.6. The van der Waals surface area contributed by atoms with Crippen LogP contribution in [0.5, 0.6) is 0 Å². The molecule has 0 nitrogen and oxygen atoms in total. The highest BCUT2D eigenvalue weighted by Crippen LogP contribution is 2.38. The molecule has 0 aromatic rings. The molecule has 0 aliphatic carbocycles. The van der Waals surface area contributed by atoms with Gasteiger partial charge in [-0.1, -0.05) is 64.8 Å². The summed E-state index contributed by atoms with van der Waals surface area (Å²) < 4.78 is 0. The molecule has 0 fully saturated rings. The molecule has 0 aromatic carbocycles. The zero-order valence-electron chi connectivity index (χ0n) is 9.24. The van der Waals surface area contributed by atoms with Gasteiger partial charge in [-0.25, -0.2) is 0 Å². The lowest BCUT2D eigenvalue weighted by Gasteiger charge is -2.29. The Labute approximate surface area is 81.2 Å². The minimum absolute atomic E-state index is 0.742. The van der Waals surface area contributed by atoms with Crippen LogP contribution in [-0.4, -0.2) is 14.4 Å². The summed E-state index contributed by atoms with van der Waals surface area (Å²) in [6, 6.07) is 4.76. The van der Waals surface area contributed by atoms with Crippen LogP contribution in [0.3, 0.4) is 0 Å². The largest absolute Gasteiger partial charge is 0.136 e. The average molecular weight is 204 g/mol. The lowest BCUT2D eigenvalue weighted by Crippen LogP contribution is -2.27. The van der Waals surface area contributed by atoms with E-state index in [9.17, 15) is 0 Å². The smallest absolute Gasteiger partial charge is 0.0774 e. The molecule has 1 atom stereocenters. The average Bonchev–Trinajstić information content (AvgIpc) is 2.06. The highest BCUT2D eigenvalue weighted by molar-refractivity contribution is 7.81. The van der Waals surface area contributed by atoms with E-state index >= 15 is 0 Å². The molecule has 0 rings (SSSR count). The van der Waals surface area contributed by atoms with E-state index in [1.165, 1.54) is 27.4 Å². The van der Waals surface area contributed by atoms with Crippen LogP contribution in [0.15, 0.2) is 0 Å². The Morgan fingerprint density at radius 2 is 1.17 bits per heavy atom. The molecule has 1 unspecified atom stereocenters. The summed E-state index contributed by atoms with van der Waals surface area (Å²) >= 11 is 0. The summed E-state index contributed by atoms with van der Waals surface area (Å²) in [4.78, 5) is 0. The van der Waals surface area contributed by atoms with Gasteiger partial charge < -0.3 is 0 Å². The van der Waals surface area contributed by atoms with Crippen molar-refractivity contribution in [1.82, 2.24) is 0 Å². The van der Waals surface area contributed by atoms with Crippen LogP contribution in [0.2, 0.25) is 18.1 Å². The summed E-state index contributed by atoms with van der Waals surface area (Å²) in [6.45, 7) is 9.51. The minimum Gasteiger partial charge on any atom is -0.136 e. The number of hydrogen-bond acceptors (Lipinski definition) is 0. The van der Waals surface area contributed by atoms with Gasteiger partial charge in [-0.15, -0.1) is 8.13 Å². The Kier molecular flexibility index (Phi) is 7.47. The van der Waals surface area contributed by atoms with E-state index in [0.29, 0.717) is 0 Å². The van der Waals surface area contributed by atoms with E-state index in [0.717, 1.165) is 0 Å². The third-order valence-electron chi connectivity index (χ3n) is 2.72. The maximum atomic E-state index is 2.45. The molecule has 0 aliphatic rings. The third-order valence-corrected chi connectivity index (χ3v) is 13.6. The van der Waals surface area contributed by atoms with Crippen LogP contribution in [0.1, 0.15) is 40.0 Å².